The molecule has 0 bridgehead atoms. The van der Waals surface area contributed by atoms with Crippen LogP contribution in [0.5, 0.6) is 0 Å². The van der Waals surface area contributed by atoms with E-state index >= 15 is 0 Å². The Morgan fingerprint density at radius 1 is 1.04 bits per heavy atom. The Morgan fingerprint density at radius 3 is 2.37 bits per heavy atom. The third-order valence-corrected chi connectivity index (χ3v) is 5.52. The van der Waals surface area contributed by atoms with Crippen LogP contribution in [-0.2, 0) is 0 Å². The van der Waals surface area contributed by atoms with Gasteiger partial charge >= 0.3 is 0 Å². The van der Waals surface area contributed by atoms with Crippen molar-refractivity contribution < 1.29 is 4.79 Å². The van der Waals surface area contributed by atoms with Gasteiger partial charge in [0, 0.05) is 19.1 Å². The van der Waals surface area contributed by atoms with Gasteiger partial charge in [0.25, 0.3) is 5.91 Å². The molecule has 0 radical (unpaired) electrons. The normalized spacial score (nSPS) is 19.3. The van der Waals surface area contributed by atoms with Crippen LogP contribution in [0.2, 0.25) is 0 Å². The molecule has 0 atom stereocenters. The molecule has 4 N–H and O–H groups in total. The van der Waals surface area contributed by atoms with E-state index in [4.69, 9.17) is 11.5 Å². The van der Waals surface area contributed by atoms with Crippen molar-refractivity contribution in [1.82, 2.24) is 29.5 Å². The highest BCUT2D eigenvalue weighted by atomic mass is 16.2. The van der Waals surface area contributed by atoms with Crippen molar-refractivity contribution >= 4 is 17.8 Å². The first kappa shape index (κ1) is 17.7. The quantitative estimate of drug-likeness (QED) is 0.824. The van der Waals surface area contributed by atoms with E-state index < -0.39 is 0 Å². The van der Waals surface area contributed by atoms with Gasteiger partial charge < -0.3 is 21.3 Å². The smallest absolute Gasteiger partial charge is 0.272 e. The molecule has 2 aliphatic heterocycles. The summed E-state index contributed by atoms with van der Waals surface area (Å²) >= 11 is 0. The molecule has 4 heterocycles. The minimum absolute atomic E-state index is 0.0234. The lowest BCUT2D eigenvalue weighted by molar-refractivity contribution is 0.0585. The maximum atomic E-state index is 12.8. The number of rotatable bonds is 3. The number of nitrogen functional groups attached to an aromatic ring is 2. The second-order valence-corrected chi connectivity index (χ2v) is 7.26. The number of piperidine rings is 2. The van der Waals surface area contributed by atoms with E-state index in [0.29, 0.717) is 17.4 Å². The Balaban J connectivity index is 1.38. The summed E-state index contributed by atoms with van der Waals surface area (Å²) < 4.78 is 1.40. The average molecular weight is 370 g/mol. The summed E-state index contributed by atoms with van der Waals surface area (Å²) in [5.41, 5.74) is 12.4. The third kappa shape index (κ3) is 3.73. The predicted octanol–water partition coefficient (Wildman–Crippen LogP) is 0.917. The molecular formula is C18H26N8O. The molecule has 0 saturated carbocycles. The molecular weight excluding hydrogens is 344 g/mol. The van der Waals surface area contributed by atoms with Crippen LogP contribution in [0.4, 0.5) is 11.9 Å². The van der Waals surface area contributed by atoms with Crippen molar-refractivity contribution in [2.75, 3.05) is 37.6 Å². The molecule has 0 aromatic carbocycles. The Bertz CT molecular complexity index is 788. The van der Waals surface area contributed by atoms with Gasteiger partial charge in [0.2, 0.25) is 11.9 Å². The number of aromatic nitrogens is 4. The van der Waals surface area contributed by atoms with Crippen LogP contribution >= 0.6 is 0 Å². The van der Waals surface area contributed by atoms with Crippen LogP contribution in [0, 0.1) is 0 Å². The fraction of sp³-hybridized carbons (Fsp3) is 0.556. The fourth-order valence-electron chi connectivity index (χ4n) is 4.05. The van der Waals surface area contributed by atoms with Crippen molar-refractivity contribution in [3.63, 3.8) is 0 Å². The Labute approximate surface area is 158 Å². The molecule has 2 aromatic rings. The maximum absolute atomic E-state index is 12.8. The van der Waals surface area contributed by atoms with Crippen molar-refractivity contribution in [2.24, 2.45) is 0 Å². The average Bonchev–Trinajstić information content (AvgIpc) is 3.06. The Morgan fingerprint density at radius 2 is 1.78 bits per heavy atom. The molecule has 2 aromatic heterocycles. The van der Waals surface area contributed by atoms with Gasteiger partial charge in [-0.25, -0.2) is 4.98 Å². The van der Waals surface area contributed by atoms with Gasteiger partial charge in [-0.1, -0.05) is 6.42 Å². The van der Waals surface area contributed by atoms with Gasteiger partial charge in [-0.3, -0.25) is 4.79 Å². The lowest BCUT2D eigenvalue weighted by atomic mass is 9.99. The second-order valence-electron chi connectivity index (χ2n) is 7.26. The number of pyridine rings is 1. The van der Waals surface area contributed by atoms with E-state index in [1.54, 1.807) is 18.3 Å². The predicted molar refractivity (Wildman–Crippen MR) is 102 cm³/mol. The van der Waals surface area contributed by atoms with Gasteiger partial charge in [-0.15, -0.1) is 5.10 Å². The number of carbonyl (C=O) groups is 1. The molecule has 0 unspecified atom stereocenters. The minimum atomic E-state index is -0.0234. The van der Waals surface area contributed by atoms with Gasteiger partial charge in [-0.2, -0.15) is 9.67 Å². The van der Waals surface area contributed by atoms with Crippen molar-refractivity contribution in [1.29, 1.82) is 0 Å². The number of nitrogens with two attached hydrogens (primary N) is 2. The van der Waals surface area contributed by atoms with Gasteiger partial charge in [0.15, 0.2) is 0 Å². The number of amides is 1. The third-order valence-electron chi connectivity index (χ3n) is 5.52. The summed E-state index contributed by atoms with van der Waals surface area (Å²) in [6, 6.07) is 4.07. The molecule has 0 aliphatic carbocycles. The number of hydrogen-bond acceptors (Lipinski definition) is 7. The molecule has 2 aliphatic rings. The summed E-state index contributed by atoms with van der Waals surface area (Å²) in [5, 5.41) is 4.02. The second kappa shape index (κ2) is 7.51. The molecule has 2 saturated heterocycles. The van der Waals surface area contributed by atoms with Gasteiger partial charge in [0.1, 0.15) is 5.69 Å². The highest BCUT2D eigenvalue weighted by Gasteiger charge is 2.28. The van der Waals surface area contributed by atoms with Crippen LogP contribution in [0.1, 0.15) is 42.6 Å². The molecule has 27 heavy (non-hydrogen) atoms. The molecule has 4 rings (SSSR count). The summed E-state index contributed by atoms with van der Waals surface area (Å²) in [6.45, 7) is 3.99. The molecule has 1 amide bonds. The summed E-state index contributed by atoms with van der Waals surface area (Å²) in [7, 11) is 0. The topological polar surface area (TPSA) is 119 Å². The van der Waals surface area contributed by atoms with Crippen LogP contribution < -0.4 is 11.5 Å². The highest BCUT2D eigenvalue weighted by Crippen LogP contribution is 2.22. The van der Waals surface area contributed by atoms with Gasteiger partial charge in [0.05, 0.1) is 11.9 Å². The lowest BCUT2D eigenvalue weighted by Crippen LogP contribution is -2.48. The molecule has 0 spiro atoms. The molecule has 9 nitrogen and oxygen atoms in total. The first-order valence-electron chi connectivity index (χ1n) is 9.59. The van der Waals surface area contributed by atoms with Crippen LogP contribution in [0.25, 0.3) is 5.69 Å². The van der Waals surface area contributed by atoms with Crippen LogP contribution in [0.3, 0.4) is 0 Å². The summed E-state index contributed by atoms with van der Waals surface area (Å²) in [5.74, 6) is 0.266. The highest BCUT2D eigenvalue weighted by molar-refractivity contribution is 5.92. The van der Waals surface area contributed by atoms with E-state index in [-0.39, 0.29) is 17.8 Å². The van der Waals surface area contributed by atoms with Crippen molar-refractivity contribution in [3.05, 3.63) is 24.0 Å². The molecule has 2 fully saturated rings. The summed E-state index contributed by atoms with van der Waals surface area (Å²) in [4.78, 5) is 25.4. The number of likely N-dealkylation sites (tertiary alicyclic amines) is 2. The zero-order valence-electron chi connectivity index (χ0n) is 15.4. The Hall–Kier alpha value is -2.68. The largest absolute Gasteiger partial charge is 0.368 e. The van der Waals surface area contributed by atoms with E-state index in [9.17, 15) is 4.79 Å². The number of carbonyl (C=O) groups excluding carboxylic acids is 1. The zero-order valence-corrected chi connectivity index (χ0v) is 15.4. The number of nitrogens with zero attached hydrogens (tertiary/aromatic N) is 6. The fourth-order valence-corrected chi connectivity index (χ4v) is 4.05. The standard InChI is InChI=1S/C18H26N8O/c19-17-22-18(20)26(23-17)14-4-5-15(21-12-14)16(27)25-10-6-13(7-11-25)24-8-2-1-3-9-24/h4-5,12-13H,1-3,6-11H2,(H4,19,20,22,23). The van der Waals surface area contributed by atoms with E-state index in [1.807, 2.05) is 4.90 Å². The number of hydrogen-bond donors (Lipinski definition) is 2. The number of anilines is 2. The summed E-state index contributed by atoms with van der Waals surface area (Å²) in [6.07, 6.45) is 7.60. The monoisotopic (exact) mass is 370 g/mol. The van der Waals surface area contributed by atoms with Crippen LogP contribution in [0.15, 0.2) is 18.3 Å². The SMILES string of the molecule is Nc1nc(N)n(-c2ccc(C(=O)N3CCC(N4CCCCC4)CC3)nc2)n1. The molecule has 144 valence electrons. The minimum Gasteiger partial charge on any atom is -0.368 e. The van der Waals surface area contributed by atoms with Crippen LogP contribution in [-0.4, -0.2) is 67.7 Å². The zero-order chi connectivity index (χ0) is 18.8. The van der Waals surface area contributed by atoms with E-state index in [2.05, 4.69) is 20.0 Å². The maximum Gasteiger partial charge on any atom is 0.272 e. The first-order chi connectivity index (χ1) is 13.1. The van der Waals surface area contributed by atoms with E-state index in [1.165, 1.54) is 37.0 Å². The Kier molecular flexibility index (Phi) is 4.93. The first-order valence-corrected chi connectivity index (χ1v) is 9.59. The van der Waals surface area contributed by atoms with Gasteiger partial charge in [-0.05, 0) is 50.9 Å². The van der Waals surface area contributed by atoms with Crippen molar-refractivity contribution in [2.45, 2.75) is 38.1 Å². The van der Waals surface area contributed by atoms with Crippen molar-refractivity contribution in [3.8, 4) is 5.69 Å². The molecule has 9 heteroatoms. The van der Waals surface area contributed by atoms with E-state index in [0.717, 1.165) is 25.9 Å². The lowest BCUT2D eigenvalue weighted by Gasteiger charge is -2.40.